The van der Waals surface area contributed by atoms with E-state index >= 15 is 0 Å². The molecule has 0 aliphatic heterocycles. The average Bonchev–Trinajstić information content (AvgIpc) is 3.80. The van der Waals surface area contributed by atoms with Gasteiger partial charge in [-0.05, 0) is 68.2 Å². The molecule has 0 aromatic heterocycles. The van der Waals surface area contributed by atoms with Crippen LogP contribution in [0, 0.1) is 32.1 Å². The number of aliphatic hydroxyl groups excluding tert-OH is 1. The topological polar surface area (TPSA) is 122 Å². The van der Waals surface area contributed by atoms with E-state index in [9.17, 15) is 46.6 Å². The Hall–Kier alpha value is -3.62. The molecular formula is C25H28F6N4O5. The van der Waals surface area contributed by atoms with Gasteiger partial charge in [-0.1, -0.05) is 0 Å². The molecule has 0 atom stereocenters. The van der Waals surface area contributed by atoms with Gasteiger partial charge < -0.3 is 15.3 Å². The minimum absolute atomic E-state index is 0.0553. The summed E-state index contributed by atoms with van der Waals surface area (Å²) in [6.45, 7) is 1.58. The molecule has 0 radical (unpaired) electrons. The summed E-state index contributed by atoms with van der Waals surface area (Å²) in [5.41, 5.74) is -3.74. The van der Waals surface area contributed by atoms with Crippen LogP contribution in [0.5, 0.6) is 0 Å². The van der Waals surface area contributed by atoms with Gasteiger partial charge in [-0.3, -0.25) is 20.2 Å². The van der Waals surface area contributed by atoms with Gasteiger partial charge in [0.2, 0.25) is 0 Å². The van der Waals surface area contributed by atoms with Crippen molar-refractivity contribution < 1.29 is 41.3 Å². The predicted octanol–water partition coefficient (Wildman–Crippen LogP) is 6.65. The number of anilines is 2. The van der Waals surface area contributed by atoms with E-state index < -0.39 is 44.7 Å². The second-order valence-electron chi connectivity index (χ2n) is 9.73. The second-order valence-corrected chi connectivity index (χ2v) is 9.73. The molecule has 2 saturated carbocycles. The zero-order valence-electron chi connectivity index (χ0n) is 21.2. The summed E-state index contributed by atoms with van der Waals surface area (Å²) in [4.78, 5) is 21.0. The third kappa shape index (κ3) is 8.96. The lowest BCUT2D eigenvalue weighted by atomic mass is 10.1. The van der Waals surface area contributed by atoms with Gasteiger partial charge >= 0.3 is 12.4 Å². The number of alkyl halides is 6. The molecule has 4 rings (SSSR count). The minimum Gasteiger partial charge on any atom is -0.396 e. The number of hydrogen-bond acceptors (Lipinski definition) is 7. The molecule has 220 valence electrons. The highest BCUT2D eigenvalue weighted by molar-refractivity contribution is 5.57. The Bertz CT molecular complexity index is 1200. The van der Waals surface area contributed by atoms with E-state index in [4.69, 9.17) is 5.11 Å². The average molecular weight is 579 g/mol. The number of benzene rings is 2. The summed E-state index contributed by atoms with van der Waals surface area (Å²) in [5, 5.41) is 33.1. The van der Waals surface area contributed by atoms with Gasteiger partial charge in [0.1, 0.15) is 11.1 Å². The quantitative estimate of drug-likeness (QED) is 0.174. The Morgan fingerprint density at radius 3 is 1.85 bits per heavy atom. The van der Waals surface area contributed by atoms with E-state index in [0.717, 1.165) is 49.9 Å². The third-order valence-corrected chi connectivity index (χ3v) is 6.40. The first kappa shape index (κ1) is 30.9. The van der Waals surface area contributed by atoms with Crippen LogP contribution in [-0.2, 0) is 12.4 Å². The highest BCUT2D eigenvalue weighted by Crippen LogP contribution is 2.40. The standard InChI is InChI=1S/C14H17F3N2O3.C11H11F3N2O2/c15-14(16,17)12-8-11(4-5-13(12)19(21)22)18(6-1-7-20)9-10-2-3-10;12-11(13,14)9-5-8(15-6-7-1-2-7)3-4-10(9)16(17)18/h4-5,8,10,20H,1-3,6-7,9H2;3-5,7,15H,1-2,6H2. The zero-order chi connectivity index (χ0) is 29.7. The fourth-order valence-electron chi connectivity index (χ4n) is 3.92. The Morgan fingerprint density at radius 2 is 1.38 bits per heavy atom. The molecule has 0 spiro atoms. The third-order valence-electron chi connectivity index (χ3n) is 6.40. The van der Waals surface area contributed by atoms with Crippen molar-refractivity contribution in [3.05, 3.63) is 67.8 Å². The van der Waals surface area contributed by atoms with Gasteiger partial charge in [0.25, 0.3) is 11.4 Å². The lowest BCUT2D eigenvalue weighted by Gasteiger charge is -2.25. The molecule has 2 N–H and O–H groups in total. The van der Waals surface area contributed by atoms with E-state index in [0.29, 0.717) is 43.6 Å². The van der Waals surface area contributed by atoms with Crippen LogP contribution in [0.3, 0.4) is 0 Å². The van der Waals surface area contributed by atoms with Crippen LogP contribution in [0.2, 0.25) is 0 Å². The van der Waals surface area contributed by atoms with Crippen LogP contribution < -0.4 is 10.2 Å². The number of hydrogen-bond donors (Lipinski definition) is 2. The fourth-order valence-corrected chi connectivity index (χ4v) is 3.92. The molecule has 0 heterocycles. The molecule has 2 fully saturated rings. The number of aliphatic hydroxyl groups is 1. The Balaban J connectivity index is 0.000000225. The minimum atomic E-state index is -4.78. The van der Waals surface area contributed by atoms with Crippen molar-refractivity contribution in [1.29, 1.82) is 0 Å². The van der Waals surface area contributed by atoms with Crippen molar-refractivity contribution in [2.24, 2.45) is 11.8 Å². The normalized spacial score (nSPS) is 15.2. The Labute approximate surface area is 225 Å². The summed E-state index contributed by atoms with van der Waals surface area (Å²) in [6.07, 6.45) is -4.84. The maximum atomic E-state index is 13.0. The number of rotatable bonds is 11. The zero-order valence-corrected chi connectivity index (χ0v) is 21.2. The van der Waals surface area contributed by atoms with Crippen LogP contribution in [0.1, 0.15) is 43.2 Å². The number of nitrogens with zero attached hydrogens (tertiary/aromatic N) is 3. The molecule has 0 amide bonds. The van der Waals surface area contributed by atoms with Gasteiger partial charge in [-0.2, -0.15) is 26.3 Å². The highest BCUT2D eigenvalue weighted by Gasteiger charge is 2.40. The lowest BCUT2D eigenvalue weighted by Crippen LogP contribution is -2.28. The van der Waals surface area contributed by atoms with Crippen molar-refractivity contribution in [2.45, 2.75) is 44.5 Å². The first-order valence-corrected chi connectivity index (χ1v) is 12.5. The van der Waals surface area contributed by atoms with Gasteiger partial charge in [0.05, 0.1) is 9.85 Å². The monoisotopic (exact) mass is 578 g/mol. The molecule has 40 heavy (non-hydrogen) atoms. The van der Waals surface area contributed by atoms with Crippen LogP contribution in [-0.4, -0.2) is 41.2 Å². The van der Waals surface area contributed by atoms with Crippen molar-refractivity contribution in [1.82, 2.24) is 0 Å². The molecule has 15 heteroatoms. The first-order chi connectivity index (χ1) is 18.7. The molecular weight excluding hydrogens is 550 g/mol. The maximum absolute atomic E-state index is 13.0. The van der Waals surface area contributed by atoms with Crippen LogP contribution >= 0.6 is 0 Å². The molecule has 0 bridgehead atoms. The summed E-state index contributed by atoms with van der Waals surface area (Å²) in [5.74, 6) is 0.956. The van der Waals surface area contributed by atoms with Gasteiger partial charge in [0.15, 0.2) is 0 Å². The highest BCUT2D eigenvalue weighted by atomic mass is 19.4. The van der Waals surface area contributed by atoms with Gasteiger partial charge in [-0.25, -0.2) is 0 Å². The SMILES string of the molecule is O=[N+]([O-])c1ccc(N(CCCO)CC2CC2)cc1C(F)(F)F.O=[N+]([O-])c1ccc(NCC2CC2)cc1C(F)(F)F. The van der Waals surface area contributed by atoms with Gasteiger partial charge in [-0.15, -0.1) is 0 Å². The predicted molar refractivity (Wildman–Crippen MR) is 134 cm³/mol. The summed E-state index contributed by atoms with van der Waals surface area (Å²) < 4.78 is 77.1. The molecule has 2 aliphatic rings. The van der Waals surface area contributed by atoms with Crippen LogP contribution in [0.15, 0.2) is 36.4 Å². The van der Waals surface area contributed by atoms with Crippen molar-refractivity contribution in [2.75, 3.05) is 36.5 Å². The summed E-state index contributed by atoms with van der Waals surface area (Å²) in [7, 11) is 0. The number of halogens is 6. The second kappa shape index (κ2) is 12.7. The van der Waals surface area contributed by atoms with E-state index in [-0.39, 0.29) is 12.3 Å². The van der Waals surface area contributed by atoms with E-state index in [1.54, 1.807) is 4.90 Å². The van der Waals surface area contributed by atoms with Crippen molar-refractivity contribution in [3.63, 3.8) is 0 Å². The molecule has 2 aromatic rings. The lowest BCUT2D eigenvalue weighted by molar-refractivity contribution is -0.388. The Kier molecular flexibility index (Phi) is 9.82. The van der Waals surface area contributed by atoms with Crippen LogP contribution in [0.4, 0.5) is 49.1 Å². The summed E-state index contributed by atoms with van der Waals surface area (Å²) in [6, 6.07) is 6.05. The first-order valence-electron chi connectivity index (χ1n) is 12.5. The smallest absolute Gasteiger partial charge is 0.396 e. The van der Waals surface area contributed by atoms with E-state index in [2.05, 4.69) is 5.32 Å². The van der Waals surface area contributed by atoms with Crippen molar-refractivity contribution >= 4 is 22.7 Å². The molecule has 0 unspecified atom stereocenters. The largest absolute Gasteiger partial charge is 0.423 e. The summed E-state index contributed by atoms with van der Waals surface area (Å²) >= 11 is 0. The number of nitro benzene ring substituents is 2. The maximum Gasteiger partial charge on any atom is 0.423 e. The Morgan fingerprint density at radius 1 is 0.850 bits per heavy atom. The fraction of sp³-hybridized carbons (Fsp3) is 0.520. The molecule has 2 aliphatic carbocycles. The molecule has 2 aromatic carbocycles. The molecule has 9 nitrogen and oxygen atoms in total. The number of nitro groups is 2. The van der Waals surface area contributed by atoms with E-state index in [1.807, 2.05) is 0 Å². The van der Waals surface area contributed by atoms with Crippen LogP contribution in [0.25, 0.3) is 0 Å². The molecule has 0 saturated heterocycles. The van der Waals surface area contributed by atoms with Crippen molar-refractivity contribution in [3.8, 4) is 0 Å². The number of nitrogens with one attached hydrogen (secondary N) is 1. The van der Waals surface area contributed by atoms with E-state index in [1.165, 1.54) is 12.1 Å². The van der Waals surface area contributed by atoms with Gasteiger partial charge in [0, 0.05) is 49.7 Å².